The molecule has 2 fully saturated rings. The van der Waals surface area contributed by atoms with E-state index in [0.717, 1.165) is 11.8 Å². The van der Waals surface area contributed by atoms with Gasteiger partial charge in [0.25, 0.3) is 0 Å². The second kappa shape index (κ2) is 5.72. The topological polar surface area (TPSA) is 15.3 Å². The van der Waals surface area contributed by atoms with E-state index in [-0.39, 0.29) is 0 Å². The minimum Gasteiger partial charge on any atom is -0.308 e. The third-order valence-corrected chi connectivity index (χ3v) is 5.69. The first-order valence-corrected chi connectivity index (χ1v) is 8.87. The Hall–Kier alpha value is 0.270. The molecule has 0 aromatic heterocycles. The van der Waals surface area contributed by atoms with Crippen LogP contribution >= 0.6 is 11.8 Å². The monoisotopic (exact) mass is 270 g/mol. The fourth-order valence-electron chi connectivity index (χ4n) is 3.44. The maximum atomic E-state index is 3.87. The molecule has 0 bridgehead atoms. The van der Waals surface area contributed by atoms with Gasteiger partial charge >= 0.3 is 0 Å². The van der Waals surface area contributed by atoms with Crippen molar-refractivity contribution in [2.75, 3.05) is 25.1 Å². The molecule has 2 aliphatic rings. The molecule has 3 unspecified atom stereocenters. The Morgan fingerprint density at radius 2 is 2.00 bits per heavy atom. The van der Waals surface area contributed by atoms with Gasteiger partial charge < -0.3 is 5.32 Å². The zero-order valence-electron chi connectivity index (χ0n) is 12.7. The molecule has 1 N–H and O–H groups in total. The Balaban J connectivity index is 2.07. The summed E-state index contributed by atoms with van der Waals surface area (Å²) in [4.78, 5) is 2.79. The van der Waals surface area contributed by atoms with Crippen LogP contribution in [-0.4, -0.2) is 47.6 Å². The molecule has 0 amide bonds. The van der Waals surface area contributed by atoms with E-state index in [1.54, 1.807) is 0 Å². The molecule has 3 atom stereocenters. The van der Waals surface area contributed by atoms with Gasteiger partial charge in [-0.3, -0.25) is 4.90 Å². The van der Waals surface area contributed by atoms with E-state index in [0.29, 0.717) is 17.6 Å². The molecule has 1 heterocycles. The van der Waals surface area contributed by atoms with E-state index < -0.39 is 0 Å². The average molecular weight is 270 g/mol. The molecule has 2 nitrogen and oxygen atoms in total. The number of piperazine rings is 1. The molecule has 0 aromatic rings. The first-order chi connectivity index (χ1) is 8.48. The van der Waals surface area contributed by atoms with Crippen LogP contribution in [0.2, 0.25) is 0 Å². The lowest BCUT2D eigenvalue weighted by Gasteiger charge is -2.50. The number of nitrogens with zero attached hydrogens (tertiary/aromatic N) is 1. The largest absolute Gasteiger partial charge is 0.308 e. The molecular formula is C15H30N2S. The highest BCUT2D eigenvalue weighted by molar-refractivity contribution is 7.98. The van der Waals surface area contributed by atoms with Crippen LogP contribution in [0.5, 0.6) is 0 Å². The van der Waals surface area contributed by atoms with Crippen LogP contribution in [-0.2, 0) is 0 Å². The Morgan fingerprint density at radius 1 is 1.33 bits per heavy atom. The van der Waals surface area contributed by atoms with Crippen molar-refractivity contribution in [2.24, 2.45) is 11.8 Å². The number of hydrogen-bond acceptors (Lipinski definition) is 3. The fourth-order valence-corrected chi connectivity index (χ4v) is 4.11. The Morgan fingerprint density at radius 3 is 2.50 bits per heavy atom. The average Bonchev–Trinajstić information content (AvgIpc) is 3.12. The molecule has 0 aromatic carbocycles. The molecule has 1 aliphatic carbocycles. The van der Waals surface area contributed by atoms with E-state index in [1.165, 1.54) is 31.7 Å². The first-order valence-electron chi connectivity index (χ1n) is 7.47. The highest BCUT2D eigenvalue weighted by Gasteiger charge is 2.47. The number of nitrogens with one attached hydrogen (secondary N) is 1. The summed E-state index contributed by atoms with van der Waals surface area (Å²) in [5.41, 5.74) is 0.373. The molecule has 18 heavy (non-hydrogen) atoms. The second-order valence-electron chi connectivity index (χ2n) is 6.86. The lowest BCUT2D eigenvalue weighted by molar-refractivity contribution is 0.0305. The van der Waals surface area contributed by atoms with Crippen LogP contribution < -0.4 is 5.32 Å². The predicted molar refractivity (Wildman–Crippen MR) is 82.3 cm³/mol. The van der Waals surface area contributed by atoms with Gasteiger partial charge in [0, 0.05) is 36.5 Å². The summed E-state index contributed by atoms with van der Waals surface area (Å²) >= 11 is 1.98. The number of hydrogen-bond donors (Lipinski definition) is 1. The summed E-state index contributed by atoms with van der Waals surface area (Å²) in [6.45, 7) is 12.0. The lowest BCUT2D eigenvalue weighted by atomic mass is 9.87. The summed E-state index contributed by atoms with van der Waals surface area (Å²) < 4.78 is 0. The summed E-state index contributed by atoms with van der Waals surface area (Å²) in [6, 6.07) is 1.41. The van der Waals surface area contributed by atoms with Gasteiger partial charge in [-0.05, 0) is 44.8 Å². The van der Waals surface area contributed by atoms with Crippen molar-refractivity contribution >= 4 is 11.8 Å². The summed E-state index contributed by atoms with van der Waals surface area (Å²) in [6.07, 6.45) is 5.09. The predicted octanol–water partition coefficient (Wildman–Crippen LogP) is 2.84. The van der Waals surface area contributed by atoms with Crippen LogP contribution in [0, 0.1) is 11.8 Å². The molecule has 3 heteroatoms. The van der Waals surface area contributed by atoms with Gasteiger partial charge in [-0.2, -0.15) is 11.8 Å². The lowest BCUT2D eigenvalue weighted by Crippen LogP contribution is -2.67. The molecular weight excluding hydrogens is 240 g/mol. The smallest absolute Gasteiger partial charge is 0.0309 e. The van der Waals surface area contributed by atoms with E-state index in [9.17, 15) is 0 Å². The van der Waals surface area contributed by atoms with Crippen molar-refractivity contribution < 1.29 is 0 Å². The van der Waals surface area contributed by atoms with E-state index >= 15 is 0 Å². The molecule has 2 rings (SSSR count). The van der Waals surface area contributed by atoms with Gasteiger partial charge in [-0.25, -0.2) is 0 Å². The Kier molecular flexibility index (Phi) is 4.66. The molecule has 0 spiro atoms. The van der Waals surface area contributed by atoms with Crippen molar-refractivity contribution in [3.63, 3.8) is 0 Å². The highest BCUT2D eigenvalue weighted by Crippen LogP contribution is 2.42. The maximum absolute atomic E-state index is 3.87. The SMILES string of the molecule is CSCC(C)N1CC(C)(C2CC2)NCC1C(C)C. The second-order valence-corrected chi connectivity index (χ2v) is 7.77. The van der Waals surface area contributed by atoms with Gasteiger partial charge in [-0.1, -0.05) is 13.8 Å². The van der Waals surface area contributed by atoms with Crippen LogP contribution in [0.4, 0.5) is 0 Å². The van der Waals surface area contributed by atoms with Crippen LogP contribution in [0.15, 0.2) is 0 Å². The number of thioether (sulfide) groups is 1. The molecule has 1 saturated carbocycles. The van der Waals surface area contributed by atoms with E-state index in [1.807, 2.05) is 11.8 Å². The van der Waals surface area contributed by atoms with Crippen molar-refractivity contribution in [2.45, 2.75) is 58.2 Å². The zero-order valence-corrected chi connectivity index (χ0v) is 13.5. The standard InChI is InChI=1S/C15H30N2S/c1-11(2)14-8-16-15(4,13-6-7-13)10-17(14)12(3)9-18-5/h11-14,16H,6-10H2,1-5H3. The van der Waals surface area contributed by atoms with Gasteiger partial charge in [-0.15, -0.1) is 0 Å². The van der Waals surface area contributed by atoms with Gasteiger partial charge in [0.2, 0.25) is 0 Å². The minimum absolute atomic E-state index is 0.373. The van der Waals surface area contributed by atoms with E-state index in [2.05, 4.69) is 44.2 Å². The minimum atomic E-state index is 0.373. The van der Waals surface area contributed by atoms with Crippen LogP contribution in [0.3, 0.4) is 0 Å². The molecule has 0 radical (unpaired) electrons. The highest BCUT2D eigenvalue weighted by atomic mass is 32.2. The quantitative estimate of drug-likeness (QED) is 0.827. The molecule has 1 saturated heterocycles. The first kappa shape index (κ1) is 14.7. The Labute approximate surface area is 117 Å². The van der Waals surface area contributed by atoms with Crippen molar-refractivity contribution in [3.05, 3.63) is 0 Å². The zero-order chi connectivity index (χ0) is 13.3. The summed E-state index contributed by atoms with van der Waals surface area (Å²) in [5, 5.41) is 3.87. The molecule has 106 valence electrons. The third-order valence-electron chi connectivity index (χ3n) is 4.87. The van der Waals surface area contributed by atoms with Crippen LogP contribution in [0.1, 0.15) is 40.5 Å². The normalized spacial score (nSPS) is 36.0. The molecule has 1 aliphatic heterocycles. The van der Waals surface area contributed by atoms with E-state index in [4.69, 9.17) is 0 Å². The maximum Gasteiger partial charge on any atom is 0.0309 e. The van der Waals surface area contributed by atoms with Gasteiger partial charge in [0.1, 0.15) is 0 Å². The summed E-state index contributed by atoms with van der Waals surface area (Å²) in [5.74, 6) is 2.92. The van der Waals surface area contributed by atoms with Crippen molar-refractivity contribution in [1.29, 1.82) is 0 Å². The fraction of sp³-hybridized carbons (Fsp3) is 1.00. The van der Waals surface area contributed by atoms with Crippen molar-refractivity contribution in [3.8, 4) is 0 Å². The van der Waals surface area contributed by atoms with Crippen LogP contribution in [0.25, 0.3) is 0 Å². The third kappa shape index (κ3) is 3.05. The number of rotatable bonds is 5. The van der Waals surface area contributed by atoms with Gasteiger partial charge in [0.05, 0.1) is 0 Å². The van der Waals surface area contributed by atoms with Gasteiger partial charge in [0.15, 0.2) is 0 Å². The Bertz CT molecular complexity index is 278. The van der Waals surface area contributed by atoms with Crippen molar-refractivity contribution in [1.82, 2.24) is 10.2 Å². The summed E-state index contributed by atoms with van der Waals surface area (Å²) in [7, 11) is 0.